The average Bonchev–Trinajstić information content (AvgIpc) is 3.10. The number of likely N-dealkylation sites (tertiary alicyclic amines) is 1. The number of ether oxygens (including phenoxy) is 1. The third-order valence-corrected chi connectivity index (χ3v) is 5.50. The maximum absolute atomic E-state index is 5.23. The number of aromatic amines is 1. The Bertz CT molecular complexity index is 799. The van der Waals surface area contributed by atoms with Crippen LogP contribution in [0.1, 0.15) is 24.2 Å². The fraction of sp³-hybridized carbons (Fsp3) is 0.409. The van der Waals surface area contributed by atoms with Crippen molar-refractivity contribution < 1.29 is 4.74 Å². The molecule has 0 aliphatic carbocycles. The van der Waals surface area contributed by atoms with Crippen molar-refractivity contribution in [3.63, 3.8) is 0 Å². The number of hydrogen-bond donors (Lipinski definition) is 1. The van der Waals surface area contributed by atoms with Crippen molar-refractivity contribution in [3.8, 4) is 5.75 Å². The number of fused-ring (bicyclic) bond motifs is 1. The van der Waals surface area contributed by atoms with E-state index < -0.39 is 0 Å². The minimum absolute atomic E-state index is 0.743. The third-order valence-electron chi connectivity index (χ3n) is 5.50. The second kappa shape index (κ2) is 7.92. The van der Waals surface area contributed by atoms with Crippen LogP contribution in [0.25, 0.3) is 11.0 Å². The molecule has 4 rings (SSSR count). The summed E-state index contributed by atoms with van der Waals surface area (Å²) in [4.78, 5) is 10.8. The zero-order chi connectivity index (χ0) is 17.8. The maximum Gasteiger partial charge on any atom is 0.118 e. The largest absolute Gasteiger partial charge is 0.497 e. The van der Waals surface area contributed by atoms with Crippen LogP contribution in [-0.4, -0.2) is 41.6 Å². The lowest BCUT2D eigenvalue weighted by Gasteiger charge is -2.31. The number of para-hydroxylation sites is 2. The molecule has 1 N–H and O–H groups in total. The Kier molecular flexibility index (Phi) is 5.21. The van der Waals surface area contributed by atoms with E-state index in [1.807, 2.05) is 6.07 Å². The van der Waals surface area contributed by atoms with Crippen molar-refractivity contribution in [3.05, 3.63) is 59.9 Å². The molecule has 1 fully saturated rings. The predicted molar refractivity (Wildman–Crippen MR) is 106 cm³/mol. The van der Waals surface area contributed by atoms with Crippen LogP contribution in [0.4, 0.5) is 0 Å². The van der Waals surface area contributed by atoms with E-state index in [-0.39, 0.29) is 0 Å². The van der Waals surface area contributed by atoms with Gasteiger partial charge in [-0.2, -0.15) is 0 Å². The Balaban J connectivity index is 1.24. The summed E-state index contributed by atoms with van der Waals surface area (Å²) in [7, 11) is 1.71. The number of methoxy groups -OCH3 is 1. The Labute approximate surface area is 155 Å². The van der Waals surface area contributed by atoms with Gasteiger partial charge in [0.1, 0.15) is 11.6 Å². The highest BCUT2D eigenvalue weighted by Crippen LogP contribution is 2.22. The second-order valence-corrected chi connectivity index (χ2v) is 7.29. The number of H-pyrrole nitrogens is 1. The maximum atomic E-state index is 5.23. The van der Waals surface area contributed by atoms with Gasteiger partial charge in [-0.1, -0.05) is 24.3 Å². The van der Waals surface area contributed by atoms with Crippen LogP contribution >= 0.6 is 0 Å². The van der Waals surface area contributed by atoms with Crippen LogP contribution < -0.4 is 4.74 Å². The molecule has 0 spiro atoms. The molecule has 1 aromatic heterocycles. The molecule has 2 aromatic carbocycles. The number of benzene rings is 2. The Morgan fingerprint density at radius 2 is 1.85 bits per heavy atom. The van der Waals surface area contributed by atoms with Crippen molar-refractivity contribution in [1.29, 1.82) is 0 Å². The summed E-state index contributed by atoms with van der Waals surface area (Å²) in [5, 5.41) is 0. The van der Waals surface area contributed by atoms with E-state index in [1.165, 1.54) is 31.5 Å². The number of nitrogens with one attached hydrogen (secondary N) is 1. The van der Waals surface area contributed by atoms with E-state index in [2.05, 4.69) is 52.3 Å². The third kappa shape index (κ3) is 4.07. The molecule has 4 heteroatoms. The van der Waals surface area contributed by atoms with Gasteiger partial charge in [0.15, 0.2) is 0 Å². The Morgan fingerprint density at radius 1 is 1.08 bits per heavy atom. The van der Waals surface area contributed by atoms with Gasteiger partial charge in [0.2, 0.25) is 0 Å². The lowest BCUT2D eigenvalue weighted by Crippen LogP contribution is -2.35. The molecule has 0 bridgehead atoms. The monoisotopic (exact) mass is 349 g/mol. The number of hydrogen-bond acceptors (Lipinski definition) is 3. The van der Waals surface area contributed by atoms with E-state index in [0.717, 1.165) is 47.9 Å². The molecule has 136 valence electrons. The van der Waals surface area contributed by atoms with Gasteiger partial charge >= 0.3 is 0 Å². The SMILES string of the molecule is COc1ccc(CCN2CCC(Cc3nc4ccccc4[nH]3)CC2)cc1. The summed E-state index contributed by atoms with van der Waals surface area (Å²) in [6.45, 7) is 3.53. The van der Waals surface area contributed by atoms with E-state index in [0.29, 0.717) is 0 Å². The highest BCUT2D eigenvalue weighted by atomic mass is 16.5. The summed E-state index contributed by atoms with van der Waals surface area (Å²) in [5.41, 5.74) is 3.62. The summed E-state index contributed by atoms with van der Waals surface area (Å²) < 4.78 is 5.23. The molecule has 1 aliphatic heterocycles. The Morgan fingerprint density at radius 3 is 2.58 bits per heavy atom. The average molecular weight is 349 g/mol. The zero-order valence-electron chi connectivity index (χ0n) is 15.4. The summed E-state index contributed by atoms with van der Waals surface area (Å²) in [5.74, 6) is 2.82. The van der Waals surface area contributed by atoms with Gasteiger partial charge in [-0.25, -0.2) is 4.98 Å². The lowest BCUT2D eigenvalue weighted by molar-refractivity contribution is 0.185. The first-order valence-corrected chi connectivity index (χ1v) is 9.59. The second-order valence-electron chi connectivity index (χ2n) is 7.29. The molecule has 2 heterocycles. The van der Waals surface area contributed by atoms with Crippen LogP contribution in [0.3, 0.4) is 0 Å². The zero-order valence-corrected chi connectivity index (χ0v) is 15.4. The quantitative estimate of drug-likeness (QED) is 0.729. The van der Waals surface area contributed by atoms with Crippen molar-refractivity contribution in [1.82, 2.24) is 14.9 Å². The molecular formula is C22H27N3O. The molecule has 1 aliphatic rings. The first-order valence-electron chi connectivity index (χ1n) is 9.59. The van der Waals surface area contributed by atoms with E-state index >= 15 is 0 Å². The molecule has 3 aromatic rings. The summed E-state index contributed by atoms with van der Waals surface area (Å²) in [6.07, 6.45) is 4.71. The number of piperidine rings is 1. The van der Waals surface area contributed by atoms with Gasteiger partial charge < -0.3 is 14.6 Å². The smallest absolute Gasteiger partial charge is 0.118 e. The lowest BCUT2D eigenvalue weighted by atomic mass is 9.93. The topological polar surface area (TPSA) is 41.1 Å². The van der Waals surface area contributed by atoms with Gasteiger partial charge in [0, 0.05) is 13.0 Å². The molecule has 4 nitrogen and oxygen atoms in total. The fourth-order valence-electron chi connectivity index (χ4n) is 3.87. The van der Waals surface area contributed by atoms with Crippen LogP contribution in [0.2, 0.25) is 0 Å². The summed E-state index contributed by atoms with van der Waals surface area (Å²) >= 11 is 0. The first kappa shape index (κ1) is 17.1. The molecule has 0 atom stereocenters. The van der Waals surface area contributed by atoms with Crippen LogP contribution in [-0.2, 0) is 12.8 Å². The van der Waals surface area contributed by atoms with Crippen molar-refractivity contribution in [2.24, 2.45) is 5.92 Å². The number of aromatic nitrogens is 2. The van der Waals surface area contributed by atoms with Crippen LogP contribution in [0.15, 0.2) is 48.5 Å². The molecule has 0 amide bonds. The van der Waals surface area contributed by atoms with Gasteiger partial charge in [-0.3, -0.25) is 0 Å². The van der Waals surface area contributed by atoms with Crippen LogP contribution in [0.5, 0.6) is 5.75 Å². The molecule has 26 heavy (non-hydrogen) atoms. The number of nitrogens with zero attached hydrogens (tertiary/aromatic N) is 2. The molecular weight excluding hydrogens is 322 g/mol. The highest BCUT2D eigenvalue weighted by molar-refractivity contribution is 5.74. The Hall–Kier alpha value is -2.33. The molecule has 0 unspecified atom stereocenters. The highest BCUT2D eigenvalue weighted by Gasteiger charge is 2.20. The van der Waals surface area contributed by atoms with Gasteiger partial charge in [-0.05, 0) is 68.1 Å². The van der Waals surface area contributed by atoms with Gasteiger partial charge in [-0.15, -0.1) is 0 Å². The fourth-order valence-corrected chi connectivity index (χ4v) is 3.87. The molecule has 0 radical (unpaired) electrons. The van der Waals surface area contributed by atoms with Crippen LogP contribution in [0, 0.1) is 5.92 Å². The minimum Gasteiger partial charge on any atom is -0.497 e. The number of imidazole rings is 1. The van der Waals surface area contributed by atoms with Crippen molar-refractivity contribution in [2.45, 2.75) is 25.7 Å². The summed E-state index contributed by atoms with van der Waals surface area (Å²) in [6, 6.07) is 16.7. The normalized spacial score (nSPS) is 16.2. The van der Waals surface area contributed by atoms with Gasteiger partial charge in [0.25, 0.3) is 0 Å². The molecule has 0 saturated carbocycles. The van der Waals surface area contributed by atoms with Crippen molar-refractivity contribution >= 4 is 11.0 Å². The first-order chi connectivity index (χ1) is 12.8. The standard InChI is InChI=1S/C22H27N3O/c1-26-19-8-6-17(7-9-19)10-13-25-14-11-18(12-15-25)16-22-23-20-4-2-3-5-21(20)24-22/h2-9,18H,10-16H2,1H3,(H,23,24). The number of rotatable bonds is 6. The van der Waals surface area contributed by atoms with Gasteiger partial charge in [0.05, 0.1) is 18.1 Å². The van der Waals surface area contributed by atoms with E-state index in [4.69, 9.17) is 9.72 Å². The van der Waals surface area contributed by atoms with E-state index in [1.54, 1.807) is 7.11 Å². The minimum atomic E-state index is 0.743. The predicted octanol–water partition coefficient (Wildman–Crippen LogP) is 4.07. The van der Waals surface area contributed by atoms with Crippen molar-refractivity contribution in [2.75, 3.05) is 26.7 Å². The molecule has 1 saturated heterocycles. The van der Waals surface area contributed by atoms with E-state index in [9.17, 15) is 0 Å².